The fraction of sp³-hybridized carbons (Fsp3) is 0.333. The summed E-state index contributed by atoms with van der Waals surface area (Å²) in [6, 6.07) is 0.444. The van der Waals surface area contributed by atoms with E-state index in [4.69, 9.17) is 0 Å². The van der Waals surface area contributed by atoms with E-state index in [-0.39, 0.29) is 12.4 Å². The van der Waals surface area contributed by atoms with Crippen molar-refractivity contribution in [2.75, 3.05) is 12.4 Å². The van der Waals surface area contributed by atoms with Gasteiger partial charge in [0, 0.05) is 7.05 Å². The van der Waals surface area contributed by atoms with Crippen molar-refractivity contribution in [2.24, 2.45) is 0 Å². The number of nitrogens with zero attached hydrogens (tertiary/aromatic N) is 2. The number of hydrogen-bond donors (Lipinski definition) is 1. The maximum absolute atomic E-state index is 4.65. The summed E-state index contributed by atoms with van der Waals surface area (Å²) in [4.78, 5) is 0. The van der Waals surface area contributed by atoms with Crippen LogP contribution in [-0.4, -0.2) is 17.2 Å². The minimum Gasteiger partial charge on any atom is -0.411 e. The summed E-state index contributed by atoms with van der Waals surface area (Å²) in [5.41, 5.74) is 0. The molecule has 0 saturated heterocycles. The highest BCUT2D eigenvalue weighted by molar-refractivity contribution is 5.85. The third-order valence-electron chi connectivity index (χ3n) is 0.574. The van der Waals surface area contributed by atoms with Gasteiger partial charge in [0.25, 0.3) is 0 Å². The molecule has 5 heteroatoms. The van der Waals surface area contributed by atoms with Gasteiger partial charge in [-0.2, -0.15) is 0 Å². The van der Waals surface area contributed by atoms with Gasteiger partial charge in [0.1, 0.15) is 0 Å². The summed E-state index contributed by atoms with van der Waals surface area (Å²) in [6.07, 6.45) is 1.27. The molecule has 0 aliphatic carbocycles. The monoisotopic (exact) mass is 135 g/mol. The molecule has 0 saturated carbocycles. The number of rotatable bonds is 1. The molecule has 0 aliphatic rings. The molecule has 46 valence electrons. The third kappa shape index (κ3) is 1.38. The fourth-order valence-corrected chi connectivity index (χ4v) is 0.282. The molecule has 1 aromatic heterocycles. The first-order chi connectivity index (χ1) is 3.43. The number of halogens is 1. The molecule has 1 rings (SSSR count). The van der Waals surface area contributed by atoms with Crippen molar-refractivity contribution in [3.05, 3.63) is 6.39 Å². The standard InChI is InChI=1S/C3H5N3O.ClH/c1-4-3-6-5-2-7-3;/h2H,1H3,(H,4,6);1H. The van der Waals surface area contributed by atoms with Crippen molar-refractivity contribution >= 4 is 18.4 Å². The molecular weight excluding hydrogens is 130 g/mol. The van der Waals surface area contributed by atoms with E-state index in [1.165, 1.54) is 6.39 Å². The molecule has 0 radical (unpaired) electrons. The smallest absolute Gasteiger partial charge is 0.314 e. The average Bonchev–Trinajstić information content (AvgIpc) is 2.14. The van der Waals surface area contributed by atoms with Crippen LogP contribution in [0.5, 0.6) is 0 Å². The maximum atomic E-state index is 4.65. The molecule has 0 unspecified atom stereocenters. The van der Waals surface area contributed by atoms with E-state index >= 15 is 0 Å². The zero-order valence-corrected chi connectivity index (χ0v) is 5.10. The molecule has 0 amide bonds. The van der Waals surface area contributed by atoms with Crippen molar-refractivity contribution in [1.29, 1.82) is 0 Å². The van der Waals surface area contributed by atoms with Gasteiger partial charge in [-0.05, 0) is 0 Å². The molecular formula is C3H6ClN3O. The SMILES string of the molecule is CNc1nnco1.Cl. The molecule has 1 heterocycles. The van der Waals surface area contributed by atoms with Gasteiger partial charge in [-0.15, -0.1) is 17.5 Å². The molecule has 4 nitrogen and oxygen atoms in total. The zero-order chi connectivity index (χ0) is 5.11. The second kappa shape index (κ2) is 3.26. The highest BCUT2D eigenvalue weighted by Gasteiger charge is 1.86. The average molecular weight is 136 g/mol. The topological polar surface area (TPSA) is 51.0 Å². The summed E-state index contributed by atoms with van der Waals surface area (Å²) in [7, 11) is 1.72. The Hall–Kier alpha value is -0.770. The van der Waals surface area contributed by atoms with E-state index in [2.05, 4.69) is 19.9 Å². The van der Waals surface area contributed by atoms with Crippen LogP contribution in [0, 0.1) is 0 Å². The highest BCUT2D eigenvalue weighted by Crippen LogP contribution is 1.93. The van der Waals surface area contributed by atoms with Crippen LogP contribution >= 0.6 is 12.4 Å². The van der Waals surface area contributed by atoms with Gasteiger partial charge < -0.3 is 9.73 Å². The number of nitrogens with one attached hydrogen (secondary N) is 1. The first-order valence-electron chi connectivity index (χ1n) is 1.87. The van der Waals surface area contributed by atoms with Gasteiger partial charge in [-0.1, -0.05) is 5.10 Å². The molecule has 8 heavy (non-hydrogen) atoms. The first-order valence-corrected chi connectivity index (χ1v) is 1.87. The van der Waals surface area contributed by atoms with E-state index in [1.807, 2.05) is 0 Å². The minimum absolute atomic E-state index is 0. The van der Waals surface area contributed by atoms with E-state index < -0.39 is 0 Å². The van der Waals surface area contributed by atoms with Crippen LogP contribution in [-0.2, 0) is 0 Å². The molecule has 1 N–H and O–H groups in total. The lowest BCUT2D eigenvalue weighted by molar-refractivity contribution is 0.569. The van der Waals surface area contributed by atoms with Gasteiger partial charge >= 0.3 is 6.01 Å². The molecule has 0 fully saturated rings. The fourth-order valence-electron chi connectivity index (χ4n) is 0.282. The van der Waals surface area contributed by atoms with E-state index in [9.17, 15) is 0 Å². The van der Waals surface area contributed by atoms with Gasteiger partial charge in [-0.25, -0.2) is 0 Å². The predicted molar refractivity (Wildman–Crippen MR) is 31.1 cm³/mol. The number of anilines is 1. The van der Waals surface area contributed by atoms with Crippen molar-refractivity contribution in [2.45, 2.75) is 0 Å². The quantitative estimate of drug-likeness (QED) is 0.611. The lowest BCUT2D eigenvalue weighted by Gasteiger charge is -1.81. The van der Waals surface area contributed by atoms with Crippen LogP contribution in [0.15, 0.2) is 10.8 Å². The van der Waals surface area contributed by atoms with Crippen LogP contribution in [0.4, 0.5) is 6.01 Å². The molecule has 1 aromatic rings. The zero-order valence-electron chi connectivity index (χ0n) is 4.29. The van der Waals surface area contributed by atoms with Crippen LogP contribution in [0.2, 0.25) is 0 Å². The van der Waals surface area contributed by atoms with Gasteiger partial charge in [0.2, 0.25) is 6.39 Å². The van der Waals surface area contributed by atoms with E-state index in [1.54, 1.807) is 7.05 Å². The lowest BCUT2D eigenvalue weighted by Crippen LogP contribution is -1.85. The minimum atomic E-state index is 0. The molecule has 0 atom stereocenters. The summed E-state index contributed by atoms with van der Waals surface area (Å²) in [5, 5.41) is 9.59. The van der Waals surface area contributed by atoms with Crippen molar-refractivity contribution in [3.8, 4) is 0 Å². The van der Waals surface area contributed by atoms with Crippen LogP contribution < -0.4 is 5.32 Å². The van der Waals surface area contributed by atoms with Gasteiger partial charge in [0.05, 0.1) is 0 Å². The molecule has 0 spiro atoms. The normalized spacial score (nSPS) is 7.62. The Labute approximate surface area is 52.7 Å². The molecule has 0 aliphatic heterocycles. The van der Waals surface area contributed by atoms with Crippen molar-refractivity contribution < 1.29 is 4.42 Å². The molecule has 0 aromatic carbocycles. The Morgan fingerprint density at radius 2 is 2.50 bits per heavy atom. The first kappa shape index (κ1) is 7.23. The van der Waals surface area contributed by atoms with Crippen LogP contribution in [0.25, 0.3) is 0 Å². The molecule has 0 bridgehead atoms. The Balaban J connectivity index is 0.000000490. The summed E-state index contributed by atoms with van der Waals surface area (Å²) in [5.74, 6) is 0. The van der Waals surface area contributed by atoms with Crippen molar-refractivity contribution in [1.82, 2.24) is 10.2 Å². The Morgan fingerprint density at radius 1 is 1.75 bits per heavy atom. The van der Waals surface area contributed by atoms with Crippen LogP contribution in [0.1, 0.15) is 0 Å². The Morgan fingerprint density at radius 3 is 2.75 bits per heavy atom. The third-order valence-corrected chi connectivity index (χ3v) is 0.574. The van der Waals surface area contributed by atoms with E-state index in [0.717, 1.165) is 0 Å². The summed E-state index contributed by atoms with van der Waals surface area (Å²) < 4.78 is 4.65. The second-order valence-corrected chi connectivity index (χ2v) is 0.994. The van der Waals surface area contributed by atoms with Gasteiger partial charge in [-0.3, -0.25) is 0 Å². The summed E-state index contributed by atoms with van der Waals surface area (Å²) in [6.45, 7) is 0. The maximum Gasteiger partial charge on any atom is 0.314 e. The van der Waals surface area contributed by atoms with Gasteiger partial charge in [0.15, 0.2) is 0 Å². The predicted octanol–water partition coefficient (Wildman–Crippen LogP) is 0.533. The summed E-state index contributed by atoms with van der Waals surface area (Å²) >= 11 is 0. The second-order valence-electron chi connectivity index (χ2n) is 0.994. The lowest BCUT2D eigenvalue weighted by atomic mass is 11.1. The number of aromatic nitrogens is 2. The Kier molecular flexibility index (Phi) is 2.95. The van der Waals surface area contributed by atoms with E-state index in [0.29, 0.717) is 6.01 Å². The van der Waals surface area contributed by atoms with Crippen LogP contribution in [0.3, 0.4) is 0 Å². The largest absolute Gasteiger partial charge is 0.411 e. The van der Waals surface area contributed by atoms with Crippen molar-refractivity contribution in [3.63, 3.8) is 0 Å². The Bertz CT molecular complexity index is 129. The number of hydrogen-bond acceptors (Lipinski definition) is 4. The highest BCUT2D eigenvalue weighted by atomic mass is 35.5.